The Morgan fingerprint density at radius 3 is 1.02 bits per heavy atom. The zero-order valence-electron chi connectivity index (χ0n) is 27.6. The van der Waals surface area contributed by atoms with E-state index in [1.165, 1.54) is 0 Å². The van der Waals surface area contributed by atoms with Gasteiger partial charge in [0.05, 0.1) is 0 Å². The van der Waals surface area contributed by atoms with E-state index >= 15 is 0 Å². The fourth-order valence-electron chi connectivity index (χ4n) is 5.95. The maximum absolute atomic E-state index is 12.4. The first kappa shape index (κ1) is 35.2. The van der Waals surface area contributed by atoms with E-state index in [0.29, 0.717) is 35.5 Å². The van der Waals surface area contributed by atoms with Gasteiger partial charge in [0.25, 0.3) is 0 Å². The number of ether oxygens (including phenoxy) is 2. The molecule has 6 heteroatoms. The Morgan fingerprint density at radius 1 is 0.476 bits per heavy atom. The number of carbonyl (C=O) groups excluding carboxylic acids is 2. The molecule has 0 aliphatic rings. The molecule has 0 radical (unpaired) electrons. The van der Waals surface area contributed by atoms with Crippen molar-refractivity contribution < 1.29 is 19.1 Å². The first-order chi connectivity index (χ1) is 19.8. The Labute approximate surface area is 255 Å². The summed E-state index contributed by atoms with van der Waals surface area (Å²) in [5, 5.41) is 6.10. The van der Waals surface area contributed by atoms with Gasteiger partial charge in [-0.2, -0.15) is 0 Å². The molecule has 0 heterocycles. The van der Waals surface area contributed by atoms with E-state index in [-0.39, 0.29) is 49.3 Å². The van der Waals surface area contributed by atoms with Gasteiger partial charge in [-0.05, 0) is 72.3 Å². The molecule has 0 saturated heterocycles. The van der Waals surface area contributed by atoms with Crippen LogP contribution in [0.3, 0.4) is 0 Å². The van der Waals surface area contributed by atoms with Crippen LogP contribution >= 0.6 is 0 Å². The highest BCUT2D eigenvalue weighted by atomic mass is 16.6. The lowest BCUT2D eigenvalue weighted by Gasteiger charge is -2.41. The van der Waals surface area contributed by atoms with Gasteiger partial charge in [-0.1, -0.05) is 116 Å². The zero-order chi connectivity index (χ0) is 31.4. The molecule has 0 aliphatic carbocycles. The normalized spacial score (nSPS) is 18.6. The van der Waals surface area contributed by atoms with Crippen molar-refractivity contribution in [2.75, 3.05) is 0 Å². The second-order valence-corrected chi connectivity index (χ2v) is 12.9. The summed E-state index contributed by atoms with van der Waals surface area (Å²) in [7, 11) is 0. The molecule has 0 saturated carbocycles. The van der Waals surface area contributed by atoms with Crippen molar-refractivity contribution in [3.05, 3.63) is 71.8 Å². The molecule has 0 spiro atoms. The van der Waals surface area contributed by atoms with Gasteiger partial charge >= 0.3 is 12.2 Å². The van der Waals surface area contributed by atoms with E-state index in [4.69, 9.17) is 9.47 Å². The number of benzene rings is 2. The van der Waals surface area contributed by atoms with Gasteiger partial charge < -0.3 is 20.1 Å². The number of amides is 2. The van der Waals surface area contributed by atoms with Gasteiger partial charge in [0.1, 0.15) is 13.2 Å². The molecule has 0 fully saturated rings. The highest BCUT2D eigenvalue weighted by molar-refractivity contribution is 5.68. The second-order valence-electron chi connectivity index (χ2n) is 12.9. The third kappa shape index (κ3) is 10.7. The minimum Gasteiger partial charge on any atom is -0.445 e. The summed E-state index contributed by atoms with van der Waals surface area (Å²) in [5.74, 6) is 3.31. The number of alkyl carbamates (subject to hydrolysis) is 2. The molecular weight excluding hydrogens is 524 g/mol. The van der Waals surface area contributed by atoms with Crippen LogP contribution in [0.2, 0.25) is 0 Å². The fourth-order valence-corrected chi connectivity index (χ4v) is 5.95. The average Bonchev–Trinajstić information content (AvgIpc) is 3.00. The number of hydrogen-bond acceptors (Lipinski definition) is 4. The minimum absolute atomic E-state index is 0.00169. The third-order valence-electron chi connectivity index (χ3n) is 10.5. The summed E-state index contributed by atoms with van der Waals surface area (Å²) < 4.78 is 10.9. The Hall–Kier alpha value is -3.02. The summed E-state index contributed by atoms with van der Waals surface area (Å²) >= 11 is 0. The van der Waals surface area contributed by atoms with Crippen molar-refractivity contribution in [2.24, 2.45) is 47.3 Å². The largest absolute Gasteiger partial charge is 0.445 e. The SMILES string of the molecule is C[C@H]([C@@H](C)[C@H](C)[C@@H](C)[C@H](C)[C@@H](C)NC(=O)OCc1ccccc1)[C@H](C)[C@@H](C)[C@H](C)[C@@H](C)NC(=O)OCc1ccccc1. The Morgan fingerprint density at radius 2 is 0.738 bits per heavy atom. The summed E-state index contributed by atoms with van der Waals surface area (Å²) in [5.41, 5.74) is 1.95. The summed E-state index contributed by atoms with van der Waals surface area (Å²) in [6, 6.07) is 19.5. The minimum atomic E-state index is -0.373. The highest BCUT2D eigenvalue weighted by Gasteiger charge is 2.35. The summed E-state index contributed by atoms with van der Waals surface area (Å²) in [6.07, 6.45) is -0.745. The summed E-state index contributed by atoms with van der Waals surface area (Å²) in [4.78, 5) is 24.9. The lowest BCUT2D eigenvalue weighted by atomic mass is 9.66. The first-order valence-electron chi connectivity index (χ1n) is 15.8. The van der Waals surface area contributed by atoms with Gasteiger partial charge in [0.15, 0.2) is 0 Å². The van der Waals surface area contributed by atoms with E-state index in [0.717, 1.165) is 11.1 Å². The highest BCUT2D eigenvalue weighted by Crippen LogP contribution is 2.39. The standard InChI is InChI=1S/C36H56N2O4/c1-23(25(3)27(5)29(7)31(9)37-35(39)41-21-33-17-13-11-14-18-33)24(2)26(4)28(6)30(8)32(10)38-36(40)42-22-34-19-15-12-16-20-34/h11-20,23-32H,21-22H2,1-10H3,(H,37,39)(H,38,40)/t23-,24-,25+,26+,27-,28-,29+,30+,31-,32-/m1/s1. The molecule has 0 bridgehead atoms. The predicted octanol–water partition coefficient (Wildman–Crippen LogP) is 8.71. The molecular formula is C36H56N2O4. The van der Waals surface area contributed by atoms with Crippen LogP contribution in [0.15, 0.2) is 60.7 Å². The average molecular weight is 581 g/mol. The maximum atomic E-state index is 12.4. The Kier molecular flexibility index (Phi) is 14.4. The van der Waals surface area contributed by atoms with E-state index in [9.17, 15) is 9.59 Å². The number of rotatable bonds is 15. The number of hydrogen-bond donors (Lipinski definition) is 2. The van der Waals surface area contributed by atoms with Crippen LogP contribution in [0.5, 0.6) is 0 Å². The molecule has 2 N–H and O–H groups in total. The van der Waals surface area contributed by atoms with Crippen molar-refractivity contribution in [2.45, 2.75) is 94.5 Å². The van der Waals surface area contributed by atoms with Crippen LogP contribution in [0.25, 0.3) is 0 Å². The van der Waals surface area contributed by atoms with Gasteiger partial charge in [0.2, 0.25) is 0 Å². The molecule has 0 aliphatic heterocycles. The molecule has 0 aromatic heterocycles. The molecule has 6 nitrogen and oxygen atoms in total. The van der Waals surface area contributed by atoms with Crippen LogP contribution in [-0.2, 0) is 22.7 Å². The predicted molar refractivity (Wildman–Crippen MR) is 172 cm³/mol. The van der Waals surface area contributed by atoms with E-state index in [1.807, 2.05) is 60.7 Å². The summed E-state index contributed by atoms with van der Waals surface area (Å²) in [6.45, 7) is 23.1. The lowest BCUT2D eigenvalue weighted by Crippen LogP contribution is -2.43. The Bertz CT molecular complexity index is 977. The molecule has 2 rings (SSSR count). The third-order valence-corrected chi connectivity index (χ3v) is 10.5. The van der Waals surface area contributed by atoms with Crippen molar-refractivity contribution in [1.82, 2.24) is 10.6 Å². The van der Waals surface area contributed by atoms with Crippen LogP contribution in [0.4, 0.5) is 9.59 Å². The monoisotopic (exact) mass is 580 g/mol. The van der Waals surface area contributed by atoms with Crippen molar-refractivity contribution in [1.29, 1.82) is 0 Å². The molecule has 10 atom stereocenters. The van der Waals surface area contributed by atoms with E-state index in [2.05, 4.69) is 79.9 Å². The van der Waals surface area contributed by atoms with Gasteiger partial charge in [-0.15, -0.1) is 0 Å². The molecule has 2 aromatic carbocycles. The topological polar surface area (TPSA) is 76.7 Å². The molecule has 42 heavy (non-hydrogen) atoms. The van der Waals surface area contributed by atoms with Crippen LogP contribution in [0, 0.1) is 47.3 Å². The quantitative estimate of drug-likeness (QED) is 0.221. The number of carbonyl (C=O) groups is 2. The second kappa shape index (κ2) is 17.2. The van der Waals surface area contributed by atoms with Crippen molar-refractivity contribution in [3.8, 4) is 0 Å². The van der Waals surface area contributed by atoms with Gasteiger partial charge in [0, 0.05) is 12.1 Å². The van der Waals surface area contributed by atoms with Crippen LogP contribution in [0.1, 0.15) is 80.4 Å². The van der Waals surface area contributed by atoms with Crippen LogP contribution < -0.4 is 10.6 Å². The van der Waals surface area contributed by atoms with Crippen LogP contribution in [-0.4, -0.2) is 24.3 Å². The number of nitrogens with one attached hydrogen (secondary N) is 2. The smallest absolute Gasteiger partial charge is 0.407 e. The molecule has 234 valence electrons. The van der Waals surface area contributed by atoms with Gasteiger partial charge in [-0.25, -0.2) is 9.59 Å². The van der Waals surface area contributed by atoms with Crippen molar-refractivity contribution in [3.63, 3.8) is 0 Å². The van der Waals surface area contributed by atoms with Gasteiger partial charge in [-0.3, -0.25) is 0 Å². The van der Waals surface area contributed by atoms with E-state index in [1.54, 1.807) is 0 Å². The van der Waals surface area contributed by atoms with Crippen molar-refractivity contribution >= 4 is 12.2 Å². The molecule has 2 amide bonds. The first-order valence-corrected chi connectivity index (χ1v) is 15.8. The lowest BCUT2D eigenvalue weighted by molar-refractivity contribution is 0.0840. The Balaban J connectivity index is 1.84. The molecule has 2 aromatic rings. The fraction of sp³-hybridized carbons (Fsp3) is 0.611. The molecule has 0 unspecified atom stereocenters. The zero-order valence-corrected chi connectivity index (χ0v) is 27.6. The van der Waals surface area contributed by atoms with E-state index < -0.39 is 0 Å². The maximum Gasteiger partial charge on any atom is 0.407 e.